The molecule has 0 bridgehead atoms. The first kappa shape index (κ1) is 17.4. The SMILES string of the molecule is CCSN1CCN(Cc2ccc(C(N)=O)c(-c3nccs3)c2)CC1. The van der Waals surface area contributed by atoms with Gasteiger partial charge in [-0.1, -0.05) is 24.9 Å². The summed E-state index contributed by atoms with van der Waals surface area (Å²) in [6, 6.07) is 5.90. The molecule has 1 aromatic carbocycles. The van der Waals surface area contributed by atoms with Gasteiger partial charge in [-0.25, -0.2) is 9.29 Å². The highest BCUT2D eigenvalue weighted by Crippen LogP contribution is 2.27. The summed E-state index contributed by atoms with van der Waals surface area (Å²) in [5, 5.41) is 2.76. The molecule has 0 unspecified atom stereocenters. The van der Waals surface area contributed by atoms with Crippen LogP contribution in [0.2, 0.25) is 0 Å². The second-order valence-corrected chi connectivity index (χ2v) is 7.95. The third kappa shape index (κ3) is 4.16. The van der Waals surface area contributed by atoms with Crippen molar-refractivity contribution in [2.45, 2.75) is 13.5 Å². The Morgan fingerprint density at radius 3 is 2.75 bits per heavy atom. The van der Waals surface area contributed by atoms with Crippen LogP contribution in [0.25, 0.3) is 10.6 Å². The van der Waals surface area contributed by atoms with Crippen LogP contribution in [0.15, 0.2) is 29.8 Å². The molecule has 1 aromatic heterocycles. The van der Waals surface area contributed by atoms with Crippen LogP contribution < -0.4 is 5.73 Å². The minimum absolute atomic E-state index is 0.406. The van der Waals surface area contributed by atoms with E-state index in [1.165, 1.54) is 16.9 Å². The highest BCUT2D eigenvalue weighted by molar-refractivity contribution is 7.96. The Hall–Kier alpha value is -1.41. The maximum atomic E-state index is 11.7. The number of nitrogens with zero attached hydrogens (tertiary/aromatic N) is 3. The zero-order valence-electron chi connectivity index (χ0n) is 13.8. The van der Waals surface area contributed by atoms with Gasteiger partial charge in [0.2, 0.25) is 5.91 Å². The molecule has 1 fully saturated rings. The lowest BCUT2D eigenvalue weighted by Gasteiger charge is -2.33. The zero-order valence-corrected chi connectivity index (χ0v) is 15.4. The monoisotopic (exact) mass is 362 g/mol. The lowest BCUT2D eigenvalue weighted by Crippen LogP contribution is -2.42. The van der Waals surface area contributed by atoms with E-state index in [9.17, 15) is 4.79 Å². The number of primary amides is 1. The molecule has 7 heteroatoms. The molecule has 1 saturated heterocycles. The normalized spacial score (nSPS) is 16.4. The predicted octanol–water partition coefficient (Wildman–Crippen LogP) is 2.69. The lowest BCUT2D eigenvalue weighted by atomic mass is 10.0. The number of aromatic nitrogens is 1. The van der Waals surface area contributed by atoms with Crippen LogP contribution in [-0.2, 0) is 6.54 Å². The molecule has 1 aliphatic heterocycles. The Bertz CT molecular complexity index is 682. The first-order valence-corrected chi connectivity index (χ1v) is 9.92. The summed E-state index contributed by atoms with van der Waals surface area (Å²) in [5.74, 6) is 0.725. The molecule has 0 spiro atoms. The van der Waals surface area contributed by atoms with E-state index < -0.39 is 5.91 Å². The lowest BCUT2D eigenvalue weighted by molar-refractivity contribution is 0.100. The smallest absolute Gasteiger partial charge is 0.249 e. The summed E-state index contributed by atoms with van der Waals surface area (Å²) in [7, 11) is 0. The average molecular weight is 363 g/mol. The molecule has 0 aliphatic carbocycles. The van der Waals surface area contributed by atoms with Gasteiger partial charge in [0, 0.05) is 61.2 Å². The third-order valence-electron chi connectivity index (χ3n) is 4.06. The Kier molecular flexibility index (Phi) is 5.89. The van der Waals surface area contributed by atoms with E-state index >= 15 is 0 Å². The van der Waals surface area contributed by atoms with Gasteiger partial charge in [-0.05, 0) is 17.7 Å². The van der Waals surface area contributed by atoms with Gasteiger partial charge in [0.15, 0.2) is 0 Å². The second kappa shape index (κ2) is 8.11. The average Bonchev–Trinajstić information content (AvgIpc) is 3.11. The van der Waals surface area contributed by atoms with Crippen LogP contribution in [0.3, 0.4) is 0 Å². The van der Waals surface area contributed by atoms with Crippen molar-refractivity contribution >= 4 is 29.2 Å². The Labute approximate surface area is 151 Å². The van der Waals surface area contributed by atoms with E-state index in [-0.39, 0.29) is 0 Å². The highest BCUT2D eigenvalue weighted by atomic mass is 32.2. The van der Waals surface area contributed by atoms with Crippen molar-refractivity contribution in [1.29, 1.82) is 0 Å². The fourth-order valence-electron chi connectivity index (χ4n) is 2.90. The van der Waals surface area contributed by atoms with Crippen LogP contribution in [0.5, 0.6) is 0 Å². The number of rotatable bonds is 6. The summed E-state index contributed by atoms with van der Waals surface area (Å²) >= 11 is 3.44. The molecular weight excluding hydrogens is 340 g/mol. The number of nitrogens with two attached hydrogens (primary N) is 1. The van der Waals surface area contributed by atoms with Crippen LogP contribution in [-0.4, -0.2) is 52.0 Å². The molecule has 0 radical (unpaired) electrons. The van der Waals surface area contributed by atoms with Crippen LogP contribution >= 0.6 is 23.3 Å². The van der Waals surface area contributed by atoms with Gasteiger partial charge in [0.05, 0.1) is 0 Å². The van der Waals surface area contributed by atoms with E-state index in [0.717, 1.165) is 49.0 Å². The van der Waals surface area contributed by atoms with E-state index in [0.29, 0.717) is 5.56 Å². The maximum absolute atomic E-state index is 11.7. The fraction of sp³-hybridized carbons (Fsp3) is 0.412. The minimum atomic E-state index is -0.406. The van der Waals surface area contributed by atoms with Gasteiger partial charge >= 0.3 is 0 Å². The van der Waals surface area contributed by atoms with Crippen molar-refractivity contribution in [3.05, 3.63) is 40.9 Å². The molecule has 5 nitrogen and oxygen atoms in total. The molecule has 2 aromatic rings. The molecule has 1 aliphatic rings. The number of carbonyl (C=O) groups is 1. The van der Waals surface area contributed by atoms with Crippen molar-refractivity contribution < 1.29 is 4.79 Å². The first-order valence-electron chi connectivity index (χ1n) is 8.10. The quantitative estimate of drug-likeness (QED) is 0.801. The van der Waals surface area contributed by atoms with Gasteiger partial charge in [0.1, 0.15) is 5.01 Å². The molecule has 2 N–H and O–H groups in total. The molecule has 2 heterocycles. The Morgan fingerprint density at radius 2 is 2.12 bits per heavy atom. The molecule has 0 atom stereocenters. The van der Waals surface area contributed by atoms with Crippen molar-refractivity contribution in [1.82, 2.24) is 14.2 Å². The minimum Gasteiger partial charge on any atom is -0.366 e. The Balaban J connectivity index is 1.73. The first-order chi connectivity index (χ1) is 11.7. The molecule has 24 heavy (non-hydrogen) atoms. The van der Waals surface area contributed by atoms with Gasteiger partial charge in [-0.3, -0.25) is 9.69 Å². The third-order valence-corrected chi connectivity index (χ3v) is 5.86. The second-order valence-electron chi connectivity index (χ2n) is 5.70. The van der Waals surface area contributed by atoms with Crippen molar-refractivity contribution in [3.63, 3.8) is 0 Å². The molecule has 0 saturated carbocycles. The van der Waals surface area contributed by atoms with Crippen molar-refractivity contribution in [2.75, 3.05) is 31.9 Å². The number of carbonyl (C=O) groups excluding carboxylic acids is 1. The summed E-state index contributed by atoms with van der Waals surface area (Å²) < 4.78 is 2.44. The van der Waals surface area contributed by atoms with E-state index in [1.807, 2.05) is 29.5 Å². The van der Waals surface area contributed by atoms with Crippen LogP contribution in [0.4, 0.5) is 0 Å². The van der Waals surface area contributed by atoms with Gasteiger partial charge in [-0.2, -0.15) is 0 Å². The largest absolute Gasteiger partial charge is 0.366 e. The number of hydrogen-bond donors (Lipinski definition) is 1. The van der Waals surface area contributed by atoms with E-state index in [4.69, 9.17) is 5.73 Å². The number of thiazole rings is 1. The molecule has 1 amide bonds. The number of amides is 1. The van der Waals surface area contributed by atoms with Crippen LogP contribution in [0, 0.1) is 0 Å². The fourth-order valence-corrected chi connectivity index (χ4v) is 4.35. The summed E-state index contributed by atoms with van der Waals surface area (Å²) in [6.07, 6.45) is 1.75. The molecular formula is C17H22N4OS2. The van der Waals surface area contributed by atoms with Crippen LogP contribution in [0.1, 0.15) is 22.8 Å². The van der Waals surface area contributed by atoms with Gasteiger partial charge < -0.3 is 5.73 Å². The zero-order chi connectivity index (χ0) is 16.9. The van der Waals surface area contributed by atoms with Crippen molar-refractivity contribution in [3.8, 4) is 10.6 Å². The van der Waals surface area contributed by atoms with E-state index in [2.05, 4.69) is 27.2 Å². The number of piperazine rings is 1. The number of benzene rings is 1. The maximum Gasteiger partial charge on any atom is 0.249 e. The summed E-state index contributed by atoms with van der Waals surface area (Å²) in [6.45, 7) is 7.41. The highest BCUT2D eigenvalue weighted by Gasteiger charge is 2.18. The van der Waals surface area contributed by atoms with Gasteiger partial charge in [0.25, 0.3) is 0 Å². The van der Waals surface area contributed by atoms with Crippen molar-refractivity contribution in [2.24, 2.45) is 5.73 Å². The predicted molar refractivity (Wildman–Crippen MR) is 101 cm³/mol. The van der Waals surface area contributed by atoms with E-state index in [1.54, 1.807) is 6.20 Å². The summed E-state index contributed by atoms with van der Waals surface area (Å²) in [5.41, 5.74) is 8.10. The number of hydrogen-bond acceptors (Lipinski definition) is 6. The Morgan fingerprint density at radius 1 is 1.33 bits per heavy atom. The standard InChI is InChI=1S/C17H22N4OS2/c1-2-24-21-8-6-20(7-9-21)12-13-3-4-14(16(18)22)15(11-13)17-19-5-10-23-17/h3-5,10-11H,2,6-9,12H2,1H3,(H2,18,22). The summed E-state index contributed by atoms with van der Waals surface area (Å²) in [4.78, 5) is 18.5. The molecule has 128 valence electrons. The topological polar surface area (TPSA) is 62.5 Å². The van der Waals surface area contributed by atoms with Gasteiger partial charge in [-0.15, -0.1) is 11.3 Å². The molecule has 3 rings (SSSR count).